The first-order chi connectivity index (χ1) is 71.0. The first-order valence-electron chi connectivity index (χ1n) is 48.8. The largest absolute Gasteiger partial charge is 0.469 e. The third kappa shape index (κ3) is 33.2. The molecule has 0 spiro atoms. The number of unbranched alkanes of at least 4 members (excludes halogenated alkanes) is 4. The summed E-state index contributed by atoms with van der Waals surface area (Å²) in [5.74, 6) is -7.02. The lowest BCUT2D eigenvalue weighted by molar-refractivity contribution is -0.858. The Labute approximate surface area is 859 Å². The first-order valence-corrected chi connectivity index (χ1v) is 48.8. The topological polar surface area (TPSA) is 584 Å². The zero-order valence-electron chi connectivity index (χ0n) is 85.8. The molecule has 1 aromatic carbocycles. The number of nitrogens with one attached hydrogen (secondary N) is 12. The number of benzene rings is 1. The number of rotatable bonds is 59. The fourth-order valence-corrected chi connectivity index (χ4v) is 16.6. The van der Waals surface area contributed by atoms with Gasteiger partial charge in [-0.25, -0.2) is 24.9 Å². The standard InChI is InChI=1S/C102H127N27O20.H2/c1-119(2)42-19-18-23-71(130)24-20-26-78(132)73-43-62(52-120(73)3)45-80(134)92-109-70(58-126(92)9)51-82(136)93-108-66(57-125(93)8)47-72(131)25-21-27-79(133)74-44-63(53-121(74)4)46-81(135)94-116-83(59-127(94)10)113-88(139)29-22-38-104-98(144)75-49-68(55-123(75)6)111-101(147)95-118-85(61-129(95)12)115-90(141)37-41-106-99(145)76-48-67(54-122(76)5)110-100(146)77-50-69(56-124(77)7)112-102(148)96-117-84(60-128(96)11)114-89(140)36-39-103-86(137)35-40-105-97(143)64-31-33-65(34-32-64)107-87(138)28-16-14-15-17-30-91(142)149-13;/h31-34,43-44,48-50,52-61H,14-30,35-42,45-47,51H2,1-13H3,(H,103,137)(H,104,144)(H,105,143)(H,106,145)(H,107,138)(H,110,146)(H,111,147)(H,112,148)(H,113,139)(H,114,140)(H,115,141);1H/p+1. The number of hydrogen-bond acceptors (Lipinski definition) is 25. The monoisotopic (exact) mass is 2050 g/mol. The van der Waals surface area contributed by atoms with Crippen molar-refractivity contribution < 1.29 is 102 Å². The van der Waals surface area contributed by atoms with Crippen LogP contribution in [0.1, 0.15) is 268 Å². The SMILES string of the molecule is COC(=O)CCCCCCC(=O)Nc1ccc(C(=O)NCCC(=O)NCCC(=O)Nc2cn(C)c(C(=O)Nc3cc(C(=O)Nc4cc(C(=O)NCCC(=O)Nc5cn(C)c(C(=O)Nc6cc(C(=O)NCCCC(=O)Nc7cn(C)c(C(=O)Cc8cc(C(=O)CCCC(=O)Cc9cn(C)c(C(=O)Cc%10cn(C)c(C(=O)Cc%11cc(C(=O)CCCC(=O)CCCC[NH+](C)C)n(C)c%11)n%10)n9)n(C)c8)n7)n(C)c6)n5)n(C)c4)n(C)c3)n2)cc1.[HH]. The molecular formula is C102H130N27O20+. The van der Waals surface area contributed by atoms with Crippen LogP contribution in [0.5, 0.6) is 0 Å². The van der Waals surface area contributed by atoms with Crippen LogP contribution in [0, 0.1) is 0 Å². The van der Waals surface area contributed by atoms with Gasteiger partial charge in [0, 0.05) is 255 Å². The molecule has 0 aliphatic carbocycles. The Balaban J connectivity index is 0.0000230. The molecule has 0 unspecified atom stereocenters. The number of ether oxygens (including phenoxy) is 1. The van der Waals surface area contributed by atoms with Crippen LogP contribution in [0.4, 0.5) is 40.2 Å². The van der Waals surface area contributed by atoms with Gasteiger partial charge in [-0.3, -0.25) is 91.1 Å². The van der Waals surface area contributed by atoms with Crippen molar-refractivity contribution in [2.24, 2.45) is 70.5 Å². The van der Waals surface area contributed by atoms with Crippen molar-refractivity contribution in [3.63, 3.8) is 0 Å². The van der Waals surface area contributed by atoms with Gasteiger partial charge in [-0.15, -0.1) is 0 Å². The fourth-order valence-electron chi connectivity index (χ4n) is 16.6. The van der Waals surface area contributed by atoms with E-state index < -0.39 is 64.9 Å². The molecule has 0 saturated carbocycles. The van der Waals surface area contributed by atoms with E-state index in [4.69, 9.17) is 0 Å². The van der Waals surface area contributed by atoms with E-state index in [2.05, 4.69) is 102 Å². The molecule has 11 amide bonds. The normalized spacial score (nSPS) is 11.1. The summed E-state index contributed by atoms with van der Waals surface area (Å²) in [6.45, 7) is 0.925. The van der Waals surface area contributed by atoms with Gasteiger partial charge in [0.2, 0.25) is 58.5 Å². The van der Waals surface area contributed by atoms with E-state index in [9.17, 15) is 91.1 Å². The minimum absolute atomic E-state index is 0. The molecule has 10 heterocycles. The highest BCUT2D eigenvalue weighted by atomic mass is 16.5. The summed E-state index contributed by atoms with van der Waals surface area (Å²) < 4.78 is 19.6. The van der Waals surface area contributed by atoms with Crippen LogP contribution in [-0.4, -0.2) is 236 Å². The van der Waals surface area contributed by atoms with E-state index in [-0.39, 0.29) is 238 Å². The summed E-state index contributed by atoms with van der Waals surface area (Å²) in [5, 5.41) is 29.5. The molecule has 12 N–H and O–H groups in total. The van der Waals surface area contributed by atoms with Crippen LogP contribution in [0.2, 0.25) is 0 Å². The molecule has 0 fully saturated rings. The van der Waals surface area contributed by atoms with Gasteiger partial charge in [0.15, 0.2) is 46.5 Å². The summed E-state index contributed by atoms with van der Waals surface area (Å²) in [5.41, 5.74) is 4.61. The third-order valence-corrected chi connectivity index (χ3v) is 24.2. The molecule has 47 heteroatoms. The van der Waals surface area contributed by atoms with Gasteiger partial charge in [0.05, 0.1) is 80.4 Å². The van der Waals surface area contributed by atoms with Crippen LogP contribution in [0.3, 0.4) is 0 Å². The van der Waals surface area contributed by atoms with Gasteiger partial charge in [-0.05, 0) is 111 Å². The zero-order valence-corrected chi connectivity index (χ0v) is 85.8. The number of imidazole rings is 5. The van der Waals surface area contributed by atoms with Crippen LogP contribution in [0.15, 0.2) is 117 Å². The number of carbonyl (C=O) groups is 19. The summed E-state index contributed by atoms with van der Waals surface area (Å²) >= 11 is 0. The van der Waals surface area contributed by atoms with Crippen molar-refractivity contribution in [1.82, 2.24) is 91.9 Å². The number of nitrogens with zero attached hydrogens (tertiary/aromatic N) is 15. The highest BCUT2D eigenvalue weighted by Crippen LogP contribution is 2.25. The third-order valence-electron chi connectivity index (χ3n) is 24.2. The number of amides is 11. The molecular weight excluding hydrogens is 1920 g/mol. The summed E-state index contributed by atoms with van der Waals surface area (Å²) in [6, 6.07) is 13.9. The van der Waals surface area contributed by atoms with E-state index >= 15 is 0 Å². The number of Topliss-reactive ketones (excluding diaryl/α,β-unsaturated/α-hetero) is 7. The van der Waals surface area contributed by atoms with E-state index in [0.717, 1.165) is 32.2 Å². The molecule has 0 atom stereocenters. The Morgan fingerprint density at radius 3 is 1.15 bits per heavy atom. The zero-order chi connectivity index (χ0) is 108. The number of hydrogen-bond donors (Lipinski definition) is 12. The summed E-state index contributed by atoms with van der Waals surface area (Å²) in [7, 11) is 21.6. The Morgan fingerprint density at radius 2 is 0.658 bits per heavy atom. The van der Waals surface area contributed by atoms with Gasteiger partial charge < -0.3 is 114 Å². The second-order valence-electron chi connectivity index (χ2n) is 37.0. The average Bonchev–Trinajstić information content (AvgIpc) is 1.68. The molecule has 0 aliphatic heterocycles. The molecule has 11 rings (SSSR count). The number of aromatic nitrogens is 15. The van der Waals surface area contributed by atoms with Gasteiger partial charge >= 0.3 is 5.97 Å². The van der Waals surface area contributed by atoms with Gasteiger partial charge in [-0.1, -0.05) is 12.8 Å². The fraction of sp³-hybridized carbons (Fsp3) is 0.412. The molecule has 10 aromatic heterocycles. The number of ketones is 7. The lowest BCUT2D eigenvalue weighted by Crippen LogP contribution is -3.05. The van der Waals surface area contributed by atoms with Gasteiger partial charge in [0.1, 0.15) is 28.6 Å². The Morgan fingerprint density at radius 1 is 0.282 bits per heavy atom. The smallest absolute Gasteiger partial charge is 0.305 e. The van der Waals surface area contributed by atoms with E-state index in [0.29, 0.717) is 90.1 Å². The Hall–Kier alpha value is -17.0. The maximum absolute atomic E-state index is 13.6. The van der Waals surface area contributed by atoms with Crippen molar-refractivity contribution in [2.45, 2.75) is 154 Å². The quantitative estimate of drug-likeness (QED) is 0.0112. The second kappa shape index (κ2) is 53.2. The summed E-state index contributed by atoms with van der Waals surface area (Å²) in [6.07, 6.45) is 22.0. The van der Waals surface area contributed by atoms with Crippen LogP contribution in [-0.2, 0) is 139 Å². The number of aryl methyl sites for hydroxylation is 10. The maximum atomic E-state index is 13.6. The van der Waals surface area contributed by atoms with Crippen molar-refractivity contribution >= 4 is 152 Å². The minimum Gasteiger partial charge on any atom is -0.469 e. The number of methoxy groups -OCH3 is 1. The van der Waals surface area contributed by atoms with Crippen LogP contribution >= 0.6 is 0 Å². The lowest BCUT2D eigenvalue weighted by Gasteiger charge is -2.08. The Kier molecular flexibility index (Phi) is 40.1. The van der Waals surface area contributed by atoms with Crippen LogP contribution < -0.4 is 63.4 Å². The lowest BCUT2D eigenvalue weighted by atomic mass is 10.0. The molecule has 0 aliphatic rings. The maximum Gasteiger partial charge on any atom is 0.305 e. The van der Waals surface area contributed by atoms with E-state index in [1.165, 1.54) is 113 Å². The highest BCUT2D eigenvalue weighted by molar-refractivity contribution is 6.09. The van der Waals surface area contributed by atoms with Crippen molar-refractivity contribution in [1.29, 1.82) is 0 Å². The number of carbonyl (C=O) groups excluding carboxylic acids is 19. The van der Waals surface area contributed by atoms with Gasteiger partial charge in [0.25, 0.3) is 35.4 Å². The second-order valence-corrected chi connectivity index (χ2v) is 37.0. The van der Waals surface area contributed by atoms with Crippen molar-refractivity contribution in [2.75, 3.05) is 91.1 Å². The Bertz CT molecular complexity index is 6860. The van der Waals surface area contributed by atoms with Gasteiger partial charge in [-0.2, -0.15) is 0 Å². The van der Waals surface area contributed by atoms with E-state index in [1.807, 2.05) is 0 Å². The molecule has 792 valence electrons. The molecule has 0 radical (unpaired) electrons. The molecule has 0 bridgehead atoms. The van der Waals surface area contributed by atoms with Crippen molar-refractivity contribution in [3.05, 3.63) is 202 Å². The minimum atomic E-state index is -0.676. The number of quaternary nitrogens is 1. The molecule has 47 nitrogen and oxygen atoms in total. The molecule has 0 saturated heterocycles. The highest BCUT2D eigenvalue weighted by Gasteiger charge is 2.29. The first kappa shape index (κ1) is 112. The van der Waals surface area contributed by atoms with E-state index in [1.54, 1.807) is 131 Å². The average molecular weight is 2050 g/mol. The summed E-state index contributed by atoms with van der Waals surface area (Å²) in [4.78, 5) is 271. The number of esters is 1. The number of anilines is 7. The predicted molar refractivity (Wildman–Crippen MR) is 549 cm³/mol. The molecule has 11 aromatic rings. The van der Waals surface area contributed by atoms with Crippen molar-refractivity contribution in [3.8, 4) is 0 Å². The molecule has 149 heavy (non-hydrogen) atoms. The predicted octanol–water partition coefficient (Wildman–Crippen LogP) is 6.35. The van der Waals surface area contributed by atoms with Crippen LogP contribution in [0.25, 0.3) is 0 Å².